The van der Waals surface area contributed by atoms with Gasteiger partial charge in [-0.1, -0.05) is 24.3 Å². The van der Waals surface area contributed by atoms with E-state index in [-0.39, 0.29) is 23.4 Å². The zero-order chi connectivity index (χ0) is 16.4. The van der Waals surface area contributed by atoms with Crippen LogP contribution in [0, 0.1) is 10.1 Å². The molecule has 1 heterocycles. The molecule has 0 spiro atoms. The van der Waals surface area contributed by atoms with E-state index in [1.54, 1.807) is 18.2 Å². The number of ether oxygens (including phenoxy) is 2. The van der Waals surface area contributed by atoms with Crippen LogP contribution in [0.5, 0.6) is 5.75 Å². The molecule has 0 saturated carbocycles. The molecule has 1 fully saturated rings. The summed E-state index contributed by atoms with van der Waals surface area (Å²) in [7, 11) is -4.08. The van der Waals surface area contributed by atoms with Crippen LogP contribution in [0.4, 0.5) is 5.69 Å². The number of sulfone groups is 1. The summed E-state index contributed by atoms with van der Waals surface area (Å²) in [5.41, 5.74) is -0.511. The summed E-state index contributed by atoms with van der Waals surface area (Å²) in [5, 5.41) is 11.3. The van der Waals surface area contributed by atoms with Gasteiger partial charge in [0, 0.05) is 6.07 Å². The second kappa shape index (κ2) is 5.98. The summed E-state index contributed by atoms with van der Waals surface area (Å²) < 4.78 is 36.1. The molecule has 0 radical (unpaired) electrons. The molecule has 2 aromatic rings. The van der Waals surface area contributed by atoms with E-state index >= 15 is 0 Å². The number of epoxide rings is 1. The van der Waals surface area contributed by atoms with E-state index in [1.807, 2.05) is 0 Å². The van der Waals surface area contributed by atoms with E-state index in [0.29, 0.717) is 6.61 Å². The second-order valence-corrected chi connectivity index (χ2v) is 6.83. The van der Waals surface area contributed by atoms with Crippen molar-refractivity contribution >= 4 is 15.5 Å². The smallest absolute Gasteiger partial charge is 0.292 e. The molecule has 2 aromatic carbocycles. The third-order valence-electron chi connectivity index (χ3n) is 3.30. The minimum atomic E-state index is -4.08. The van der Waals surface area contributed by atoms with Crippen molar-refractivity contribution in [2.24, 2.45) is 0 Å². The molecule has 7 nitrogen and oxygen atoms in total. The first-order valence-electron chi connectivity index (χ1n) is 6.82. The Morgan fingerprint density at radius 2 is 1.87 bits per heavy atom. The molecule has 1 aliphatic heterocycles. The molecule has 23 heavy (non-hydrogen) atoms. The van der Waals surface area contributed by atoms with Crippen LogP contribution in [-0.2, 0) is 14.6 Å². The van der Waals surface area contributed by atoms with Crippen molar-refractivity contribution in [1.82, 2.24) is 0 Å². The first kappa shape index (κ1) is 15.4. The molecular weight excluding hydrogens is 322 g/mol. The minimum Gasteiger partial charge on any atom is -0.489 e. The average molecular weight is 335 g/mol. The van der Waals surface area contributed by atoms with Gasteiger partial charge in [0.1, 0.15) is 18.5 Å². The zero-order valence-corrected chi connectivity index (χ0v) is 12.7. The Balaban J connectivity index is 2.12. The lowest BCUT2D eigenvalue weighted by molar-refractivity contribution is -0.388. The molecule has 0 aromatic heterocycles. The molecule has 0 N–H and O–H groups in total. The van der Waals surface area contributed by atoms with Gasteiger partial charge in [0.25, 0.3) is 5.69 Å². The Kier molecular flexibility index (Phi) is 4.01. The highest BCUT2D eigenvalue weighted by Gasteiger charge is 2.33. The Morgan fingerprint density at radius 3 is 2.48 bits per heavy atom. The molecule has 1 atom stereocenters. The van der Waals surface area contributed by atoms with Crippen molar-refractivity contribution in [3.8, 4) is 5.75 Å². The van der Waals surface area contributed by atoms with E-state index < -0.39 is 25.3 Å². The van der Waals surface area contributed by atoms with Gasteiger partial charge in [0.05, 0.1) is 16.4 Å². The number of rotatable bonds is 6. The minimum absolute atomic E-state index is 0.0261. The average Bonchev–Trinajstić information content (AvgIpc) is 3.37. The van der Waals surface area contributed by atoms with Gasteiger partial charge in [-0.25, -0.2) is 8.42 Å². The number of benzene rings is 2. The Morgan fingerprint density at radius 1 is 1.17 bits per heavy atom. The van der Waals surface area contributed by atoms with Gasteiger partial charge in [-0.2, -0.15) is 0 Å². The third kappa shape index (κ3) is 3.17. The molecule has 8 heteroatoms. The van der Waals surface area contributed by atoms with Gasteiger partial charge in [0.2, 0.25) is 9.84 Å². The van der Waals surface area contributed by atoms with E-state index in [4.69, 9.17) is 9.47 Å². The topological polar surface area (TPSA) is 99.0 Å². The van der Waals surface area contributed by atoms with Gasteiger partial charge in [-0.3, -0.25) is 10.1 Å². The Hall–Kier alpha value is -2.45. The molecule has 0 amide bonds. The molecule has 1 unspecified atom stereocenters. The van der Waals surface area contributed by atoms with Crippen molar-refractivity contribution in [2.45, 2.75) is 15.9 Å². The van der Waals surface area contributed by atoms with Crippen molar-refractivity contribution in [2.75, 3.05) is 13.2 Å². The largest absolute Gasteiger partial charge is 0.489 e. The number of nitro benzene ring substituents is 1. The fraction of sp³-hybridized carbons (Fsp3) is 0.200. The fourth-order valence-corrected chi connectivity index (χ4v) is 3.66. The van der Waals surface area contributed by atoms with Crippen molar-refractivity contribution in [3.05, 3.63) is 58.6 Å². The Bertz CT molecular complexity index is 830. The van der Waals surface area contributed by atoms with Crippen LogP contribution in [0.3, 0.4) is 0 Å². The number of hydrogen-bond acceptors (Lipinski definition) is 6. The van der Waals surface area contributed by atoms with Crippen LogP contribution < -0.4 is 4.74 Å². The van der Waals surface area contributed by atoms with Crippen molar-refractivity contribution in [1.29, 1.82) is 0 Å². The van der Waals surface area contributed by atoms with Gasteiger partial charge >= 0.3 is 0 Å². The maximum Gasteiger partial charge on any atom is 0.292 e. The van der Waals surface area contributed by atoms with E-state index in [0.717, 1.165) is 6.07 Å². The van der Waals surface area contributed by atoms with Crippen LogP contribution in [0.1, 0.15) is 0 Å². The second-order valence-electron chi connectivity index (χ2n) is 4.94. The molecule has 3 rings (SSSR count). The quantitative estimate of drug-likeness (QED) is 0.456. The highest BCUT2D eigenvalue weighted by atomic mass is 32.2. The first-order chi connectivity index (χ1) is 11.0. The molecule has 1 saturated heterocycles. The lowest BCUT2D eigenvalue weighted by Gasteiger charge is -2.11. The van der Waals surface area contributed by atoms with Crippen LogP contribution in [0.25, 0.3) is 0 Å². The van der Waals surface area contributed by atoms with Gasteiger partial charge in [-0.05, 0) is 18.2 Å². The summed E-state index contributed by atoms with van der Waals surface area (Å²) in [6.45, 7) is 0.689. The van der Waals surface area contributed by atoms with Crippen LogP contribution >= 0.6 is 0 Å². The van der Waals surface area contributed by atoms with E-state index in [2.05, 4.69) is 0 Å². The van der Waals surface area contributed by atoms with Crippen LogP contribution in [0.15, 0.2) is 58.3 Å². The summed E-state index contributed by atoms with van der Waals surface area (Å²) in [4.78, 5) is 10.1. The predicted octanol–water partition coefficient (Wildman–Crippen LogP) is 2.21. The van der Waals surface area contributed by atoms with Gasteiger partial charge < -0.3 is 9.47 Å². The van der Waals surface area contributed by atoms with Gasteiger partial charge in [-0.15, -0.1) is 0 Å². The summed E-state index contributed by atoms with van der Waals surface area (Å²) >= 11 is 0. The molecule has 0 bridgehead atoms. The molecule has 0 aliphatic carbocycles. The maximum atomic E-state index is 12.8. The van der Waals surface area contributed by atoms with Crippen LogP contribution in [0.2, 0.25) is 0 Å². The first-order valence-corrected chi connectivity index (χ1v) is 8.30. The zero-order valence-electron chi connectivity index (χ0n) is 11.9. The fourth-order valence-electron chi connectivity index (χ4n) is 2.10. The summed E-state index contributed by atoms with van der Waals surface area (Å²) in [6, 6.07) is 11.5. The number of nitro groups is 1. The molecule has 1 aliphatic rings. The number of nitrogens with zero attached hydrogens (tertiary/aromatic N) is 1. The Labute approximate surface area is 132 Å². The van der Waals surface area contributed by atoms with Crippen molar-refractivity contribution < 1.29 is 22.8 Å². The van der Waals surface area contributed by atoms with E-state index in [9.17, 15) is 18.5 Å². The SMILES string of the molecule is O=[N+]([O-])c1cccc(OCC2CO2)c1S(=O)(=O)c1ccccc1. The lowest BCUT2D eigenvalue weighted by atomic mass is 10.3. The summed E-state index contributed by atoms with van der Waals surface area (Å²) in [6.07, 6.45) is -0.0958. The summed E-state index contributed by atoms with van der Waals surface area (Å²) in [5.74, 6) is -0.0430. The lowest BCUT2D eigenvalue weighted by Crippen LogP contribution is -2.11. The monoisotopic (exact) mass is 335 g/mol. The third-order valence-corrected chi connectivity index (χ3v) is 5.14. The standard InChI is InChI=1S/C15H13NO6S/c17-16(18)13-7-4-8-14(22-10-11-9-21-11)15(13)23(19,20)12-5-2-1-3-6-12/h1-8,11H,9-10H2. The normalized spacial score (nSPS) is 16.8. The highest BCUT2D eigenvalue weighted by molar-refractivity contribution is 7.91. The predicted molar refractivity (Wildman–Crippen MR) is 80.2 cm³/mol. The highest BCUT2D eigenvalue weighted by Crippen LogP contribution is 2.37. The molecule has 120 valence electrons. The molecular formula is C15H13NO6S. The van der Waals surface area contributed by atoms with Crippen molar-refractivity contribution in [3.63, 3.8) is 0 Å². The maximum absolute atomic E-state index is 12.8. The van der Waals surface area contributed by atoms with E-state index in [1.165, 1.54) is 24.3 Å². The van der Waals surface area contributed by atoms with Gasteiger partial charge in [0.15, 0.2) is 4.90 Å². The number of hydrogen-bond donors (Lipinski definition) is 0. The van der Waals surface area contributed by atoms with Crippen LogP contribution in [-0.4, -0.2) is 32.7 Å².